The molecule has 2 aromatic heterocycles. The summed E-state index contributed by atoms with van der Waals surface area (Å²) < 4.78 is 11.7. The molecule has 9 heteroatoms. The summed E-state index contributed by atoms with van der Waals surface area (Å²) in [7, 11) is 0. The molecule has 1 spiro atoms. The van der Waals surface area contributed by atoms with Gasteiger partial charge in [0.05, 0.1) is 11.8 Å². The third-order valence-corrected chi connectivity index (χ3v) is 5.69. The predicted octanol–water partition coefficient (Wildman–Crippen LogP) is 2.45. The first-order valence-corrected chi connectivity index (χ1v) is 10.3. The molecule has 0 saturated carbocycles. The number of nitrogens with zero attached hydrogens (tertiary/aromatic N) is 5. The fraction of sp³-hybridized carbons (Fsp3) is 0.650. The van der Waals surface area contributed by atoms with E-state index in [4.69, 9.17) is 9.26 Å². The van der Waals surface area contributed by atoms with Crippen LogP contribution in [0, 0.1) is 5.92 Å². The van der Waals surface area contributed by atoms with Crippen molar-refractivity contribution in [2.75, 3.05) is 19.7 Å². The van der Waals surface area contributed by atoms with E-state index in [1.54, 1.807) is 18.6 Å². The standard InChI is InChI=1S/C20H28N6O3/c1-14(2)23-19(27)26-8-4-20(5-9-26)12-15(3-10-28-20)11-17-24-18(25-29-17)16-13-21-6-7-22-16/h6-7,13-15H,3-5,8-12H2,1-2H3,(H,23,27). The highest BCUT2D eigenvalue weighted by molar-refractivity contribution is 5.74. The lowest BCUT2D eigenvalue weighted by molar-refractivity contribution is -0.123. The van der Waals surface area contributed by atoms with Gasteiger partial charge in [-0.2, -0.15) is 4.98 Å². The van der Waals surface area contributed by atoms with Gasteiger partial charge in [-0.1, -0.05) is 5.16 Å². The molecular formula is C20H28N6O3. The Bertz CT molecular complexity index is 817. The van der Waals surface area contributed by atoms with Crippen LogP contribution in [0.1, 0.15) is 45.4 Å². The van der Waals surface area contributed by atoms with Crippen molar-refractivity contribution in [1.82, 2.24) is 30.3 Å². The molecule has 2 aliphatic rings. The van der Waals surface area contributed by atoms with E-state index in [1.807, 2.05) is 18.7 Å². The number of hydrogen-bond donors (Lipinski definition) is 1. The molecule has 9 nitrogen and oxygen atoms in total. The molecule has 29 heavy (non-hydrogen) atoms. The van der Waals surface area contributed by atoms with Crippen LogP contribution >= 0.6 is 0 Å². The molecule has 4 heterocycles. The fourth-order valence-corrected chi connectivity index (χ4v) is 4.21. The Kier molecular flexibility index (Phi) is 5.75. The molecule has 0 aromatic carbocycles. The minimum Gasteiger partial charge on any atom is -0.375 e. The molecule has 1 atom stereocenters. The Morgan fingerprint density at radius 1 is 1.34 bits per heavy atom. The molecule has 0 bridgehead atoms. The molecular weight excluding hydrogens is 372 g/mol. The summed E-state index contributed by atoms with van der Waals surface area (Å²) in [5.41, 5.74) is 0.462. The summed E-state index contributed by atoms with van der Waals surface area (Å²) in [6.07, 6.45) is 9.24. The highest BCUT2D eigenvalue weighted by atomic mass is 16.5. The van der Waals surface area contributed by atoms with E-state index in [0.29, 0.717) is 23.3 Å². The highest BCUT2D eigenvalue weighted by Gasteiger charge is 2.41. The van der Waals surface area contributed by atoms with E-state index < -0.39 is 0 Å². The van der Waals surface area contributed by atoms with Crippen LogP contribution in [-0.4, -0.2) is 62.4 Å². The van der Waals surface area contributed by atoms with Crippen molar-refractivity contribution in [1.29, 1.82) is 0 Å². The van der Waals surface area contributed by atoms with Gasteiger partial charge in [0.15, 0.2) is 0 Å². The number of amides is 2. The summed E-state index contributed by atoms with van der Waals surface area (Å²) in [5, 5.41) is 7.01. The summed E-state index contributed by atoms with van der Waals surface area (Å²) in [6.45, 7) is 6.14. The molecule has 2 fully saturated rings. The fourth-order valence-electron chi connectivity index (χ4n) is 4.21. The quantitative estimate of drug-likeness (QED) is 0.840. The minimum atomic E-state index is -0.148. The first-order chi connectivity index (χ1) is 14.0. The first-order valence-electron chi connectivity index (χ1n) is 10.3. The van der Waals surface area contributed by atoms with Gasteiger partial charge < -0.3 is 19.5 Å². The van der Waals surface area contributed by atoms with E-state index in [2.05, 4.69) is 25.4 Å². The van der Waals surface area contributed by atoms with E-state index in [1.165, 1.54) is 0 Å². The van der Waals surface area contributed by atoms with E-state index in [-0.39, 0.29) is 17.7 Å². The zero-order chi connectivity index (χ0) is 20.3. The maximum Gasteiger partial charge on any atom is 0.317 e. The molecule has 2 aromatic rings. The predicted molar refractivity (Wildman–Crippen MR) is 105 cm³/mol. The molecule has 1 N–H and O–H groups in total. The number of likely N-dealkylation sites (tertiary alicyclic amines) is 1. The molecule has 4 rings (SSSR count). The van der Waals surface area contributed by atoms with Crippen LogP contribution < -0.4 is 5.32 Å². The van der Waals surface area contributed by atoms with Gasteiger partial charge in [-0.15, -0.1) is 0 Å². The summed E-state index contributed by atoms with van der Waals surface area (Å²) in [5.74, 6) is 1.52. The Morgan fingerprint density at radius 2 is 2.17 bits per heavy atom. The zero-order valence-corrected chi connectivity index (χ0v) is 17.0. The van der Waals surface area contributed by atoms with Crippen molar-refractivity contribution >= 4 is 6.03 Å². The van der Waals surface area contributed by atoms with Crippen LogP contribution in [0.3, 0.4) is 0 Å². The lowest BCUT2D eigenvalue weighted by Crippen LogP contribution is -2.53. The Labute approximate surface area is 170 Å². The van der Waals surface area contributed by atoms with Crippen LogP contribution in [-0.2, 0) is 11.2 Å². The number of urea groups is 1. The number of piperidine rings is 1. The average molecular weight is 400 g/mol. The zero-order valence-electron chi connectivity index (χ0n) is 17.0. The molecule has 156 valence electrons. The maximum atomic E-state index is 12.2. The maximum absolute atomic E-state index is 12.2. The topological polar surface area (TPSA) is 106 Å². The monoisotopic (exact) mass is 400 g/mol. The first kappa shape index (κ1) is 19.8. The Hall–Kier alpha value is -2.55. The van der Waals surface area contributed by atoms with Crippen molar-refractivity contribution in [3.63, 3.8) is 0 Å². The van der Waals surface area contributed by atoms with Crippen LogP contribution in [0.25, 0.3) is 11.5 Å². The smallest absolute Gasteiger partial charge is 0.317 e. The van der Waals surface area contributed by atoms with Crippen LogP contribution in [0.5, 0.6) is 0 Å². The molecule has 0 radical (unpaired) electrons. The van der Waals surface area contributed by atoms with Gasteiger partial charge >= 0.3 is 6.03 Å². The second-order valence-corrected chi connectivity index (χ2v) is 8.29. The number of hydrogen-bond acceptors (Lipinski definition) is 7. The minimum absolute atomic E-state index is 0.0182. The third kappa shape index (κ3) is 4.72. The second kappa shape index (κ2) is 8.44. The molecule has 0 aliphatic carbocycles. The summed E-state index contributed by atoms with van der Waals surface area (Å²) in [4.78, 5) is 26.9. The largest absolute Gasteiger partial charge is 0.375 e. The summed E-state index contributed by atoms with van der Waals surface area (Å²) >= 11 is 0. The lowest BCUT2D eigenvalue weighted by atomic mass is 9.78. The van der Waals surface area contributed by atoms with Crippen molar-refractivity contribution in [3.05, 3.63) is 24.5 Å². The number of carbonyl (C=O) groups excluding carboxylic acids is 1. The van der Waals surface area contributed by atoms with Crippen molar-refractivity contribution in [2.24, 2.45) is 5.92 Å². The molecule has 2 saturated heterocycles. The van der Waals surface area contributed by atoms with Gasteiger partial charge in [-0.3, -0.25) is 4.98 Å². The van der Waals surface area contributed by atoms with Crippen LogP contribution in [0.15, 0.2) is 23.1 Å². The molecule has 2 aliphatic heterocycles. The van der Waals surface area contributed by atoms with Crippen LogP contribution in [0.2, 0.25) is 0 Å². The van der Waals surface area contributed by atoms with Gasteiger partial charge in [0.1, 0.15) is 5.69 Å². The lowest BCUT2D eigenvalue weighted by Gasteiger charge is -2.46. The van der Waals surface area contributed by atoms with Crippen LogP contribution in [0.4, 0.5) is 4.79 Å². The Balaban J connectivity index is 1.34. The SMILES string of the molecule is CC(C)NC(=O)N1CCC2(CC1)CC(Cc1nc(-c3cnccn3)no1)CCO2. The van der Waals surface area contributed by atoms with Gasteiger partial charge in [0, 0.05) is 44.6 Å². The second-order valence-electron chi connectivity index (χ2n) is 8.29. The number of ether oxygens (including phenoxy) is 1. The van der Waals surface area contributed by atoms with Crippen molar-refractivity contribution in [3.8, 4) is 11.5 Å². The van der Waals surface area contributed by atoms with Crippen molar-refractivity contribution < 1.29 is 14.1 Å². The normalized spacial score (nSPS) is 21.5. The number of nitrogens with one attached hydrogen (secondary N) is 1. The third-order valence-electron chi connectivity index (χ3n) is 5.69. The van der Waals surface area contributed by atoms with Gasteiger partial charge in [-0.25, -0.2) is 9.78 Å². The highest BCUT2D eigenvalue weighted by Crippen LogP contribution is 2.38. The average Bonchev–Trinajstić information content (AvgIpc) is 3.17. The van der Waals surface area contributed by atoms with Gasteiger partial charge in [0.25, 0.3) is 0 Å². The van der Waals surface area contributed by atoms with E-state index >= 15 is 0 Å². The van der Waals surface area contributed by atoms with Crippen molar-refractivity contribution in [2.45, 2.75) is 57.6 Å². The number of rotatable bonds is 4. The van der Waals surface area contributed by atoms with Gasteiger partial charge in [0.2, 0.25) is 11.7 Å². The Morgan fingerprint density at radius 3 is 2.90 bits per heavy atom. The number of aromatic nitrogens is 4. The van der Waals surface area contributed by atoms with Gasteiger partial charge in [-0.05, 0) is 45.4 Å². The molecule has 2 amide bonds. The van der Waals surface area contributed by atoms with E-state index in [9.17, 15) is 4.79 Å². The van der Waals surface area contributed by atoms with E-state index in [0.717, 1.165) is 51.8 Å². The summed E-state index contributed by atoms with van der Waals surface area (Å²) in [6, 6.07) is 0.166. The number of carbonyl (C=O) groups is 1. The molecule has 1 unspecified atom stereocenters.